The van der Waals surface area contributed by atoms with Crippen molar-refractivity contribution in [1.82, 2.24) is 14.5 Å². The maximum Gasteiger partial charge on any atom is 0.242 e. The predicted molar refractivity (Wildman–Crippen MR) is 88.5 cm³/mol. The molecule has 2 aromatic rings. The first-order chi connectivity index (χ1) is 10.3. The van der Waals surface area contributed by atoms with Gasteiger partial charge in [0.25, 0.3) is 0 Å². The summed E-state index contributed by atoms with van der Waals surface area (Å²) in [4.78, 5) is -0.106. The van der Waals surface area contributed by atoms with Crippen LogP contribution in [0.4, 0.5) is 0 Å². The Kier molecular flexibility index (Phi) is 5.99. The van der Waals surface area contributed by atoms with Crippen LogP contribution in [0.3, 0.4) is 0 Å². The summed E-state index contributed by atoms with van der Waals surface area (Å²) < 4.78 is 28.5. The molecule has 0 aliphatic heterocycles. The smallest absolute Gasteiger partial charge is 0.242 e. The second-order valence-electron chi connectivity index (χ2n) is 4.37. The molecule has 120 valence electrons. The van der Waals surface area contributed by atoms with Crippen LogP contribution >= 0.6 is 46.4 Å². The molecule has 0 spiro atoms. The lowest BCUT2D eigenvalue weighted by Gasteiger charge is -2.09. The molecule has 2 rings (SSSR count). The summed E-state index contributed by atoms with van der Waals surface area (Å²) in [6, 6.07) is 2.52. The highest BCUT2D eigenvalue weighted by atomic mass is 35.5. The van der Waals surface area contributed by atoms with E-state index in [9.17, 15) is 8.42 Å². The second kappa shape index (κ2) is 7.38. The normalized spacial score (nSPS) is 11.8. The molecule has 0 fully saturated rings. The minimum absolute atomic E-state index is 0.0146. The van der Waals surface area contributed by atoms with E-state index in [2.05, 4.69) is 9.82 Å². The molecular weight excluding hydrogens is 392 g/mol. The number of halogens is 4. The van der Waals surface area contributed by atoms with Crippen molar-refractivity contribution in [2.75, 3.05) is 6.54 Å². The van der Waals surface area contributed by atoms with Crippen LogP contribution in [0, 0.1) is 0 Å². The number of nitrogens with zero attached hydrogens (tertiary/aromatic N) is 2. The summed E-state index contributed by atoms with van der Waals surface area (Å²) in [6.07, 6.45) is 3.71. The fourth-order valence-corrected chi connectivity index (χ4v) is 3.93. The van der Waals surface area contributed by atoms with Gasteiger partial charge in [0, 0.05) is 19.3 Å². The summed E-state index contributed by atoms with van der Waals surface area (Å²) in [5.74, 6) is 0. The highest BCUT2D eigenvalue weighted by molar-refractivity contribution is 7.89. The Morgan fingerprint density at radius 2 is 1.77 bits per heavy atom. The lowest BCUT2D eigenvalue weighted by molar-refractivity contribution is 0.553. The number of rotatable bonds is 6. The van der Waals surface area contributed by atoms with Gasteiger partial charge in [-0.1, -0.05) is 46.4 Å². The third-order valence-electron chi connectivity index (χ3n) is 2.72. The summed E-state index contributed by atoms with van der Waals surface area (Å²) >= 11 is 23.3. The van der Waals surface area contributed by atoms with Crippen LogP contribution in [0.5, 0.6) is 0 Å². The maximum atomic E-state index is 12.2. The van der Waals surface area contributed by atoms with Crippen molar-refractivity contribution >= 4 is 56.4 Å². The molecule has 0 aliphatic carbocycles. The van der Waals surface area contributed by atoms with Gasteiger partial charge in [-0.15, -0.1) is 0 Å². The fraction of sp³-hybridized carbons (Fsp3) is 0.250. The van der Waals surface area contributed by atoms with Gasteiger partial charge in [0.1, 0.15) is 4.90 Å². The molecule has 1 heterocycles. The minimum atomic E-state index is -3.76. The number of aryl methyl sites for hydroxylation is 1. The SMILES string of the molecule is O=S(=O)(NCCCn1cc(Cl)cn1)c1cc(Cl)c(Cl)cc1Cl. The zero-order valence-corrected chi connectivity index (χ0v) is 14.9. The van der Waals surface area contributed by atoms with Crippen molar-refractivity contribution in [1.29, 1.82) is 0 Å². The molecule has 0 radical (unpaired) electrons. The van der Waals surface area contributed by atoms with Gasteiger partial charge in [-0.2, -0.15) is 5.10 Å². The molecule has 0 saturated heterocycles. The van der Waals surface area contributed by atoms with Gasteiger partial charge in [0.05, 0.1) is 26.3 Å². The van der Waals surface area contributed by atoms with E-state index < -0.39 is 10.0 Å². The van der Waals surface area contributed by atoms with Gasteiger partial charge in [0.15, 0.2) is 0 Å². The highest BCUT2D eigenvalue weighted by Crippen LogP contribution is 2.31. The summed E-state index contributed by atoms with van der Waals surface area (Å²) in [5.41, 5.74) is 0. The number of sulfonamides is 1. The molecular formula is C12H11Cl4N3O2S. The van der Waals surface area contributed by atoms with E-state index in [0.717, 1.165) is 0 Å². The highest BCUT2D eigenvalue weighted by Gasteiger charge is 2.19. The molecule has 10 heteroatoms. The molecule has 1 N–H and O–H groups in total. The number of benzene rings is 1. The van der Waals surface area contributed by atoms with E-state index in [1.807, 2.05) is 0 Å². The molecule has 0 saturated carbocycles. The molecule has 0 aliphatic rings. The standard InChI is InChI=1S/C12H11Cl4N3O2S/c13-8-6-17-19(7-8)3-1-2-18-22(20,21)12-5-10(15)9(14)4-11(12)16/h4-7,18H,1-3H2. The van der Waals surface area contributed by atoms with Crippen LogP contribution in [0.25, 0.3) is 0 Å². The number of nitrogens with one attached hydrogen (secondary N) is 1. The third kappa shape index (κ3) is 4.50. The lowest BCUT2D eigenvalue weighted by atomic mass is 10.4. The quantitative estimate of drug-likeness (QED) is 0.589. The van der Waals surface area contributed by atoms with Crippen molar-refractivity contribution in [3.63, 3.8) is 0 Å². The summed E-state index contributed by atoms with van der Waals surface area (Å²) in [5, 5.41) is 4.86. The van der Waals surface area contributed by atoms with Gasteiger partial charge in [-0.3, -0.25) is 4.68 Å². The fourth-order valence-electron chi connectivity index (χ4n) is 1.70. The van der Waals surface area contributed by atoms with Crippen molar-refractivity contribution < 1.29 is 8.42 Å². The first-order valence-corrected chi connectivity index (χ1v) is 9.11. The zero-order valence-electron chi connectivity index (χ0n) is 11.1. The Balaban J connectivity index is 1.98. The van der Waals surface area contributed by atoms with Crippen molar-refractivity contribution in [2.24, 2.45) is 0 Å². The van der Waals surface area contributed by atoms with Crippen LogP contribution in [-0.2, 0) is 16.6 Å². The first kappa shape index (κ1) is 17.8. The monoisotopic (exact) mass is 401 g/mol. The number of hydrogen-bond donors (Lipinski definition) is 1. The average Bonchev–Trinajstić information content (AvgIpc) is 2.84. The average molecular weight is 403 g/mol. The Morgan fingerprint density at radius 3 is 2.41 bits per heavy atom. The van der Waals surface area contributed by atoms with E-state index in [1.165, 1.54) is 18.3 Å². The van der Waals surface area contributed by atoms with E-state index in [-0.39, 0.29) is 26.5 Å². The van der Waals surface area contributed by atoms with Crippen LogP contribution in [0.2, 0.25) is 20.1 Å². The van der Waals surface area contributed by atoms with Gasteiger partial charge >= 0.3 is 0 Å². The molecule has 0 unspecified atom stereocenters. The second-order valence-corrected chi connectivity index (χ2v) is 7.76. The van der Waals surface area contributed by atoms with Gasteiger partial charge in [-0.25, -0.2) is 13.1 Å². The summed E-state index contributed by atoms with van der Waals surface area (Å²) in [6.45, 7) is 0.751. The van der Waals surface area contributed by atoms with E-state index in [4.69, 9.17) is 46.4 Å². The topological polar surface area (TPSA) is 64.0 Å². The minimum Gasteiger partial charge on any atom is -0.271 e. The molecule has 22 heavy (non-hydrogen) atoms. The Bertz CT molecular complexity index is 777. The Morgan fingerprint density at radius 1 is 1.09 bits per heavy atom. The Labute approximate surface area is 148 Å². The van der Waals surface area contributed by atoms with Crippen LogP contribution < -0.4 is 4.72 Å². The Hall–Kier alpha value is -0.500. The van der Waals surface area contributed by atoms with E-state index >= 15 is 0 Å². The van der Waals surface area contributed by atoms with E-state index in [0.29, 0.717) is 18.0 Å². The largest absolute Gasteiger partial charge is 0.271 e. The number of hydrogen-bond acceptors (Lipinski definition) is 3. The van der Waals surface area contributed by atoms with Crippen LogP contribution in [-0.4, -0.2) is 24.7 Å². The van der Waals surface area contributed by atoms with E-state index in [1.54, 1.807) is 10.9 Å². The summed E-state index contributed by atoms with van der Waals surface area (Å²) in [7, 11) is -3.76. The van der Waals surface area contributed by atoms with Crippen molar-refractivity contribution in [3.8, 4) is 0 Å². The maximum absolute atomic E-state index is 12.2. The van der Waals surface area contributed by atoms with Crippen LogP contribution in [0.1, 0.15) is 6.42 Å². The predicted octanol–water partition coefficient (Wildman–Crippen LogP) is 3.87. The number of aromatic nitrogens is 2. The molecule has 0 atom stereocenters. The van der Waals surface area contributed by atoms with Gasteiger partial charge in [-0.05, 0) is 18.6 Å². The molecule has 1 aromatic heterocycles. The van der Waals surface area contributed by atoms with Crippen LogP contribution in [0.15, 0.2) is 29.4 Å². The lowest BCUT2D eigenvalue weighted by Crippen LogP contribution is -2.26. The molecule has 1 aromatic carbocycles. The van der Waals surface area contributed by atoms with Crippen molar-refractivity contribution in [3.05, 3.63) is 44.6 Å². The molecule has 0 bridgehead atoms. The first-order valence-electron chi connectivity index (χ1n) is 6.12. The third-order valence-corrected chi connectivity index (χ3v) is 5.57. The molecule has 0 amide bonds. The van der Waals surface area contributed by atoms with Gasteiger partial charge in [0.2, 0.25) is 10.0 Å². The van der Waals surface area contributed by atoms with Gasteiger partial charge < -0.3 is 0 Å². The zero-order chi connectivity index (χ0) is 16.3. The molecule has 5 nitrogen and oxygen atoms in total. The van der Waals surface area contributed by atoms with Crippen molar-refractivity contribution in [2.45, 2.75) is 17.9 Å².